The van der Waals surface area contributed by atoms with Gasteiger partial charge in [-0.3, -0.25) is 4.79 Å². The summed E-state index contributed by atoms with van der Waals surface area (Å²) in [5, 5.41) is 3.14. The van der Waals surface area contributed by atoms with Crippen LogP contribution in [-0.2, 0) is 9.53 Å². The van der Waals surface area contributed by atoms with Gasteiger partial charge in [0.25, 0.3) is 5.91 Å². The van der Waals surface area contributed by atoms with Crippen molar-refractivity contribution in [2.24, 2.45) is 0 Å². The molecule has 0 radical (unpaired) electrons. The molecule has 5 heteroatoms. The summed E-state index contributed by atoms with van der Waals surface area (Å²) in [6, 6.07) is 7.40. The van der Waals surface area contributed by atoms with Crippen LogP contribution in [0.15, 0.2) is 24.3 Å². The van der Waals surface area contributed by atoms with Crippen LogP contribution >= 0.6 is 0 Å². The number of benzene rings is 1. The van der Waals surface area contributed by atoms with Crippen LogP contribution in [-0.4, -0.2) is 45.4 Å². The molecular weight excluding hydrogens is 244 g/mol. The molecule has 0 spiro atoms. The second-order valence-electron chi connectivity index (χ2n) is 5.00. The monoisotopic (exact) mass is 264 g/mol. The normalized spacial score (nSPS) is 16.6. The molecule has 104 valence electrons. The van der Waals surface area contributed by atoms with E-state index in [1.165, 1.54) is 0 Å². The van der Waals surface area contributed by atoms with E-state index in [9.17, 15) is 4.79 Å². The number of methoxy groups -OCH3 is 1. The van der Waals surface area contributed by atoms with Crippen LogP contribution in [0.4, 0.5) is 5.69 Å². The zero-order valence-electron chi connectivity index (χ0n) is 11.6. The van der Waals surface area contributed by atoms with Crippen LogP contribution in [0.3, 0.4) is 0 Å². The molecule has 1 aromatic rings. The largest absolute Gasteiger partial charge is 0.497 e. The molecule has 0 aromatic heterocycles. The van der Waals surface area contributed by atoms with Gasteiger partial charge in [-0.25, -0.2) is 0 Å². The number of anilines is 1. The van der Waals surface area contributed by atoms with E-state index in [1.807, 2.05) is 31.2 Å². The third-order valence-electron chi connectivity index (χ3n) is 3.36. The molecule has 0 bridgehead atoms. The lowest BCUT2D eigenvalue weighted by molar-refractivity contribution is -0.133. The van der Waals surface area contributed by atoms with E-state index < -0.39 is 0 Å². The molecule has 1 aliphatic heterocycles. The summed E-state index contributed by atoms with van der Waals surface area (Å²) in [5.74, 6) is 0.662. The number of amides is 1. The molecule has 1 amide bonds. The smallest absolute Gasteiger partial charge is 0.252 e. The van der Waals surface area contributed by atoms with Crippen LogP contribution in [0.5, 0.6) is 5.75 Å². The van der Waals surface area contributed by atoms with E-state index in [4.69, 9.17) is 9.47 Å². The molecule has 0 unspecified atom stereocenters. The molecule has 1 aliphatic rings. The molecule has 19 heavy (non-hydrogen) atoms. The third-order valence-corrected chi connectivity index (χ3v) is 3.36. The van der Waals surface area contributed by atoms with Crippen LogP contribution in [0.1, 0.15) is 6.92 Å². The van der Waals surface area contributed by atoms with Gasteiger partial charge in [0, 0.05) is 31.9 Å². The minimum absolute atomic E-state index is 0.0682. The maximum absolute atomic E-state index is 12.1. The minimum Gasteiger partial charge on any atom is -0.497 e. The van der Waals surface area contributed by atoms with Gasteiger partial charge in [0.2, 0.25) is 0 Å². The van der Waals surface area contributed by atoms with Gasteiger partial charge >= 0.3 is 0 Å². The highest BCUT2D eigenvalue weighted by atomic mass is 16.5. The number of carbonyl (C=O) groups is 1. The Morgan fingerprint density at radius 3 is 2.79 bits per heavy atom. The number of nitrogens with zero attached hydrogens (tertiary/aromatic N) is 1. The van der Waals surface area contributed by atoms with Gasteiger partial charge in [0.05, 0.1) is 12.7 Å². The lowest BCUT2D eigenvalue weighted by Gasteiger charge is -2.39. The van der Waals surface area contributed by atoms with E-state index in [1.54, 1.807) is 19.1 Å². The topological polar surface area (TPSA) is 50.8 Å². The van der Waals surface area contributed by atoms with E-state index in [2.05, 4.69) is 5.32 Å². The first-order valence-electron chi connectivity index (χ1n) is 6.29. The molecule has 1 fully saturated rings. The van der Waals surface area contributed by atoms with Crippen LogP contribution in [0, 0.1) is 0 Å². The summed E-state index contributed by atoms with van der Waals surface area (Å²) < 4.78 is 10.8. The van der Waals surface area contributed by atoms with E-state index in [-0.39, 0.29) is 18.1 Å². The minimum atomic E-state index is -0.203. The van der Waals surface area contributed by atoms with Crippen molar-refractivity contribution in [1.82, 2.24) is 5.32 Å². The first kappa shape index (κ1) is 13.8. The summed E-state index contributed by atoms with van der Waals surface area (Å²) in [4.78, 5) is 13.7. The Balaban J connectivity index is 1.94. The number of rotatable bonds is 5. The zero-order valence-corrected chi connectivity index (χ0v) is 11.6. The summed E-state index contributed by atoms with van der Waals surface area (Å²) >= 11 is 0. The van der Waals surface area contributed by atoms with Crippen molar-refractivity contribution in [2.75, 3.05) is 38.8 Å². The highest BCUT2D eigenvalue weighted by molar-refractivity contribution is 5.93. The summed E-state index contributed by atoms with van der Waals surface area (Å²) in [6.07, 6.45) is 0. The molecule has 1 aromatic carbocycles. The van der Waals surface area contributed by atoms with E-state index >= 15 is 0 Å². The fourth-order valence-electron chi connectivity index (χ4n) is 1.88. The van der Waals surface area contributed by atoms with Crippen molar-refractivity contribution in [3.63, 3.8) is 0 Å². The molecule has 0 saturated carbocycles. The number of nitrogens with one attached hydrogen (secondary N) is 1. The zero-order chi connectivity index (χ0) is 13.9. The number of carbonyl (C=O) groups excluding carboxylic acids is 1. The van der Waals surface area contributed by atoms with Crippen molar-refractivity contribution in [3.05, 3.63) is 24.3 Å². The molecular formula is C14H20N2O3. The Bertz CT molecular complexity index is 458. The standard InChI is InChI=1S/C14H20N2O3/c1-14(9-15-10-14)19-8-13(17)16(2)11-5-4-6-12(7-11)18-3/h4-7,15H,8-10H2,1-3H3. The summed E-state index contributed by atoms with van der Waals surface area (Å²) in [5.41, 5.74) is 0.593. The average Bonchev–Trinajstić information content (AvgIpc) is 2.41. The number of hydrogen-bond donors (Lipinski definition) is 1. The SMILES string of the molecule is COc1cccc(N(C)C(=O)COC2(C)CNC2)c1. The summed E-state index contributed by atoms with van der Waals surface area (Å²) in [6.45, 7) is 3.68. The van der Waals surface area contributed by atoms with Gasteiger partial charge in [-0.1, -0.05) is 6.07 Å². The molecule has 0 atom stereocenters. The van der Waals surface area contributed by atoms with E-state index in [0.29, 0.717) is 0 Å². The van der Waals surface area contributed by atoms with Gasteiger partial charge in [-0.2, -0.15) is 0 Å². The van der Waals surface area contributed by atoms with Gasteiger partial charge in [-0.05, 0) is 19.1 Å². The number of hydrogen-bond acceptors (Lipinski definition) is 4. The number of ether oxygens (including phenoxy) is 2. The number of likely N-dealkylation sites (N-methyl/N-ethyl adjacent to an activating group) is 1. The lowest BCUT2D eigenvalue weighted by Crippen LogP contribution is -2.59. The molecule has 2 rings (SSSR count). The maximum atomic E-state index is 12.1. The van der Waals surface area contributed by atoms with Crippen molar-refractivity contribution < 1.29 is 14.3 Å². The molecule has 1 N–H and O–H groups in total. The lowest BCUT2D eigenvalue weighted by atomic mass is 10.0. The van der Waals surface area contributed by atoms with Crippen LogP contribution in [0.25, 0.3) is 0 Å². The van der Waals surface area contributed by atoms with Gasteiger partial charge in [-0.15, -0.1) is 0 Å². The Morgan fingerprint density at radius 2 is 2.21 bits per heavy atom. The van der Waals surface area contributed by atoms with Gasteiger partial charge in [0.1, 0.15) is 12.4 Å². The Labute approximate surface area is 113 Å². The molecule has 1 heterocycles. The highest BCUT2D eigenvalue weighted by Crippen LogP contribution is 2.21. The molecule has 0 aliphatic carbocycles. The highest BCUT2D eigenvalue weighted by Gasteiger charge is 2.33. The van der Waals surface area contributed by atoms with Crippen LogP contribution < -0.4 is 15.0 Å². The fraction of sp³-hybridized carbons (Fsp3) is 0.500. The van der Waals surface area contributed by atoms with Crippen molar-refractivity contribution in [1.29, 1.82) is 0 Å². The fourth-order valence-corrected chi connectivity index (χ4v) is 1.88. The Morgan fingerprint density at radius 1 is 1.47 bits per heavy atom. The van der Waals surface area contributed by atoms with Gasteiger partial charge in [0.15, 0.2) is 0 Å². The molecule has 5 nitrogen and oxygen atoms in total. The molecule has 1 saturated heterocycles. The van der Waals surface area contributed by atoms with Crippen molar-refractivity contribution in [2.45, 2.75) is 12.5 Å². The van der Waals surface area contributed by atoms with Crippen molar-refractivity contribution in [3.8, 4) is 5.75 Å². The van der Waals surface area contributed by atoms with Crippen molar-refractivity contribution >= 4 is 11.6 Å². The first-order chi connectivity index (χ1) is 9.04. The summed E-state index contributed by atoms with van der Waals surface area (Å²) in [7, 11) is 3.34. The Hall–Kier alpha value is -1.59. The van der Waals surface area contributed by atoms with Gasteiger partial charge < -0.3 is 19.7 Å². The average molecular weight is 264 g/mol. The first-order valence-corrected chi connectivity index (χ1v) is 6.29. The second-order valence-corrected chi connectivity index (χ2v) is 5.00. The second kappa shape index (κ2) is 5.59. The van der Waals surface area contributed by atoms with Crippen LogP contribution in [0.2, 0.25) is 0 Å². The predicted octanol–water partition coefficient (Wildman–Crippen LogP) is 1.04. The maximum Gasteiger partial charge on any atom is 0.252 e. The predicted molar refractivity (Wildman–Crippen MR) is 73.6 cm³/mol. The third kappa shape index (κ3) is 3.24. The van der Waals surface area contributed by atoms with E-state index in [0.717, 1.165) is 24.5 Å². The quantitative estimate of drug-likeness (QED) is 0.863. The Kier molecular flexibility index (Phi) is 4.07.